The van der Waals surface area contributed by atoms with Gasteiger partial charge in [0.15, 0.2) is 0 Å². The van der Waals surface area contributed by atoms with Crippen LogP contribution in [0, 0.1) is 0 Å². The highest BCUT2D eigenvalue weighted by Crippen LogP contribution is 2.18. The lowest BCUT2D eigenvalue weighted by Gasteiger charge is -2.15. The van der Waals surface area contributed by atoms with Crippen LogP contribution in [-0.4, -0.2) is 34.6 Å². The van der Waals surface area contributed by atoms with Gasteiger partial charge in [0.05, 0.1) is 12.4 Å². The molecular formula is C13H13BrN4O2. The normalized spacial score (nSPS) is 10.1. The fourth-order valence-electron chi connectivity index (χ4n) is 1.55. The van der Waals surface area contributed by atoms with E-state index in [1.165, 1.54) is 11.1 Å². The Morgan fingerprint density at radius 3 is 2.55 bits per heavy atom. The second kappa shape index (κ2) is 6.33. The van der Waals surface area contributed by atoms with Crippen LogP contribution in [0.25, 0.3) is 0 Å². The quantitative estimate of drug-likeness (QED) is 0.873. The number of anilines is 3. The van der Waals surface area contributed by atoms with Gasteiger partial charge in [-0.15, -0.1) is 0 Å². The smallest absolute Gasteiger partial charge is 0.323 e. The minimum absolute atomic E-state index is 0.117. The molecule has 0 saturated carbocycles. The molecule has 7 heteroatoms. The molecule has 0 spiro atoms. The second-order valence-electron chi connectivity index (χ2n) is 4.14. The molecule has 0 amide bonds. The van der Waals surface area contributed by atoms with Crippen LogP contribution in [0.1, 0.15) is 0 Å². The number of aromatic nitrogens is 2. The van der Waals surface area contributed by atoms with Gasteiger partial charge >= 0.3 is 5.97 Å². The molecule has 0 unspecified atom stereocenters. The van der Waals surface area contributed by atoms with Crippen molar-refractivity contribution in [3.8, 4) is 0 Å². The average molecular weight is 337 g/mol. The van der Waals surface area contributed by atoms with Gasteiger partial charge in [-0.25, -0.2) is 9.97 Å². The Morgan fingerprint density at radius 2 is 2.00 bits per heavy atom. The van der Waals surface area contributed by atoms with Crippen LogP contribution in [-0.2, 0) is 4.79 Å². The molecule has 2 aromatic rings. The van der Waals surface area contributed by atoms with Gasteiger partial charge in [-0.2, -0.15) is 0 Å². The first-order valence-electron chi connectivity index (χ1n) is 5.82. The third-order valence-corrected chi connectivity index (χ3v) is 3.05. The molecule has 104 valence electrons. The summed E-state index contributed by atoms with van der Waals surface area (Å²) >= 11 is 3.37. The molecule has 20 heavy (non-hydrogen) atoms. The second-order valence-corrected chi connectivity index (χ2v) is 5.06. The summed E-state index contributed by atoms with van der Waals surface area (Å²) in [6.07, 6.45) is 3.10. The SMILES string of the molecule is CN(CC(=O)O)c1cnc(Nc2ccc(Br)cc2)cn1. The summed E-state index contributed by atoms with van der Waals surface area (Å²) in [4.78, 5) is 20.5. The van der Waals surface area contributed by atoms with Crippen molar-refractivity contribution in [3.05, 3.63) is 41.1 Å². The van der Waals surface area contributed by atoms with E-state index in [9.17, 15) is 4.79 Å². The standard InChI is InChI=1S/C13H13BrN4O2/c1-18(8-13(19)20)12-7-15-11(6-16-12)17-10-4-2-9(14)3-5-10/h2-7H,8H2,1H3,(H,15,17)(H,19,20). The minimum atomic E-state index is -0.911. The molecule has 0 radical (unpaired) electrons. The molecule has 1 heterocycles. The first kappa shape index (κ1) is 14.3. The molecule has 6 nitrogen and oxygen atoms in total. The maximum absolute atomic E-state index is 10.6. The van der Waals surface area contributed by atoms with Crippen molar-refractivity contribution in [2.24, 2.45) is 0 Å². The van der Waals surface area contributed by atoms with Crippen LogP contribution in [0.3, 0.4) is 0 Å². The fraction of sp³-hybridized carbons (Fsp3) is 0.154. The number of nitrogens with zero attached hydrogens (tertiary/aromatic N) is 3. The lowest BCUT2D eigenvalue weighted by molar-refractivity contribution is -0.135. The van der Waals surface area contributed by atoms with Gasteiger partial charge in [-0.1, -0.05) is 15.9 Å². The van der Waals surface area contributed by atoms with E-state index in [1.807, 2.05) is 24.3 Å². The van der Waals surface area contributed by atoms with E-state index in [1.54, 1.807) is 13.2 Å². The van der Waals surface area contributed by atoms with E-state index in [4.69, 9.17) is 5.11 Å². The zero-order valence-electron chi connectivity index (χ0n) is 10.7. The molecule has 0 saturated heterocycles. The van der Waals surface area contributed by atoms with Crippen molar-refractivity contribution < 1.29 is 9.90 Å². The van der Waals surface area contributed by atoms with Crippen molar-refractivity contribution in [2.45, 2.75) is 0 Å². The number of aliphatic carboxylic acids is 1. The molecule has 0 aliphatic rings. The molecule has 0 atom stereocenters. The van der Waals surface area contributed by atoms with Crippen molar-refractivity contribution >= 4 is 39.2 Å². The van der Waals surface area contributed by atoms with Crippen molar-refractivity contribution in [1.82, 2.24) is 9.97 Å². The Kier molecular flexibility index (Phi) is 4.52. The van der Waals surface area contributed by atoms with E-state index in [0.29, 0.717) is 11.6 Å². The predicted octanol–water partition coefficient (Wildman–Crippen LogP) is 2.50. The van der Waals surface area contributed by atoms with Crippen LogP contribution in [0.5, 0.6) is 0 Å². The summed E-state index contributed by atoms with van der Waals surface area (Å²) in [7, 11) is 1.65. The lowest BCUT2D eigenvalue weighted by Crippen LogP contribution is -2.26. The topological polar surface area (TPSA) is 78.4 Å². The van der Waals surface area contributed by atoms with Gasteiger partial charge in [0.1, 0.15) is 18.2 Å². The maximum atomic E-state index is 10.6. The third-order valence-electron chi connectivity index (χ3n) is 2.52. The molecule has 0 aliphatic carbocycles. The van der Waals surface area contributed by atoms with Crippen molar-refractivity contribution in [1.29, 1.82) is 0 Å². The third kappa shape index (κ3) is 3.92. The highest BCUT2D eigenvalue weighted by molar-refractivity contribution is 9.10. The number of carboxylic acid groups (broad SMARTS) is 1. The zero-order chi connectivity index (χ0) is 14.5. The first-order chi connectivity index (χ1) is 9.54. The molecule has 0 fully saturated rings. The van der Waals surface area contributed by atoms with Crippen molar-refractivity contribution in [2.75, 3.05) is 23.8 Å². The Balaban J connectivity index is 2.04. The first-order valence-corrected chi connectivity index (χ1v) is 6.61. The fourth-order valence-corrected chi connectivity index (χ4v) is 1.81. The summed E-state index contributed by atoms with van der Waals surface area (Å²) < 4.78 is 1.000. The van der Waals surface area contributed by atoms with Gasteiger partial charge in [-0.05, 0) is 24.3 Å². The Hall–Kier alpha value is -2.15. The maximum Gasteiger partial charge on any atom is 0.323 e. The summed E-state index contributed by atoms with van der Waals surface area (Å²) in [6, 6.07) is 7.67. The lowest BCUT2D eigenvalue weighted by atomic mass is 10.3. The summed E-state index contributed by atoms with van der Waals surface area (Å²) in [5.74, 6) is 0.194. The number of hydrogen-bond donors (Lipinski definition) is 2. The van der Waals surface area contributed by atoms with Crippen LogP contribution < -0.4 is 10.2 Å². The number of likely N-dealkylation sites (N-methyl/N-ethyl adjacent to an activating group) is 1. The minimum Gasteiger partial charge on any atom is -0.480 e. The van der Waals surface area contributed by atoms with E-state index in [-0.39, 0.29) is 6.54 Å². The predicted molar refractivity (Wildman–Crippen MR) is 80.4 cm³/mol. The highest BCUT2D eigenvalue weighted by Gasteiger charge is 2.07. The average Bonchev–Trinajstić information content (AvgIpc) is 2.41. The van der Waals surface area contributed by atoms with Crippen LogP contribution in [0.2, 0.25) is 0 Å². The van der Waals surface area contributed by atoms with Gasteiger partial charge < -0.3 is 15.3 Å². The Labute approximate surface area is 124 Å². The molecule has 2 rings (SSSR count). The number of halogens is 1. The van der Waals surface area contributed by atoms with E-state index >= 15 is 0 Å². The van der Waals surface area contributed by atoms with Crippen LogP contribution >= 0.6 is 15.9 Å². The van der Waals surface area contributed by atoms with Crippen LogP contribution in [0.4, 0.5) is 17.3 Å². The van der Waals surface area contributed by atoms with Gasteiger partial charge in [0.2, 0.25) is 0 Å². The molecular weight excluding hydrogens is 324 g/mol. The number of carbonyl (C=O) groups is 1. The zero-order valence-corrected chi connectivity index (χ0v) is 12.3. The monoisotopic (exact) mass is 336 g/mol. The van der Waals surface area contributed by atoms with E-state index < -0.39 is 5.97 Å². The summed E-state index contributed by atoms with van der Waals surface area (Å²) in [5, 5.41) is 11.8. The molecule has 1 aromatic heterocycles. The number of benzene rings is 1. The summed E-state index contributed by atoms with van der Waals surface area (Å²) in [6.45, 7) is -0.117. The van der Waals surface area contributed by atoms with Crippen LogP contribution in [0.15, 0.2) is 41.1 Å². The number of rotatable bonds is 5. The Bertz CT molecular complexity index is 586. The van der Waals surface area contributed by atoms with Gasteiger partial charge in [-0.3, -0.25) is 4.79 Å². The molecule has 0 aliphatic heterocycles. The number of nitrogens with one attached hydrogen (secondary N) is 1. The van der Waals surface area contributed by atoms with Gasteiger partial charge in [0.25, 0.3) is 0 Å². The van der Waals surface area contributed by atoms with Crippen molar-refractivity contribution in [3.63, 3.8) is 0 Å². The summed E-state index contributed by atoms with van der Waals surface area (Å²) in [5.41, 5.74) is 0.897. The van der Waals surface area contributed by atoms with E-state index in [0.717, 1.165) is 10.2 Å². The highest BCUT2D eigenvalue weighted by atomic mass is 79.9. The van der Waals surface area contributed by atoms with E-state index in [2.05, 4.69) is 31.2 Å². The number of carboxylic acids is 1. The largest absolute Gasteiger partial charge is 0.480 e. The Morgan fingerprint density at radius 1 is 1.30 bits per heavy atom. The van der Waals surface area contributed by atoms with Gasteiger partial charge in [0, 0.05) is 17.2 Å². The molecule has 2 N–H and O–H groups in total. The molecule has 0 bridgehead atoms. The number of hydrogen-bond acceptors (Lipinski definition) is 5. The molecule has 1 aromatic carbocycles.